The summed E-state index contributed by atoms with van der Waals surface area (Å²) in [6.45, 7) is 7.56. The number of aryl methyl sites for hydroxylation is 1. The predicted molar refractivity (Wildman–Crippen MR) is 117 cm³/mol. The van der Waals surface area contributed by atoms with Crippen molar-refractivity contribution in [1.29, 1.82) is 0 Å². The number of amides is 4. The Balaban J connectivity index is 1.58. The SMILES string of the molecule is CCN1CCC2(CN(C(=O)N(C)C)CC23CCN(C(=O)c2cccc(C)n2)CC3)C1=O. The Bertz CT molecular complexity index is 893. The van der Waals surface area contributed by atoms with Crippen molar-refractivity contribution in [3.05, 3.63) is 29.6 Å². The highest BCUT2D eigenvalue weighted by molar-refractivity contribution is 5.92. The minimum atomic E-state index is -0.536. The van der Waals surface area contributed by atoms with E-state index in [4.69, 9.17) is 0 Å². The maximum absolute atomic E-state index is 13.5. The summed E-state index contributed by atoms with van der Waals surface area (Å²) < 4.78 is 0. The van der Waals surface area contributed by atoms with E-state index in [-0.39, 0.29) is 23.3 Å². The van der Waals surface area contributed by atoms with Crippen LogP contribution in [0.3, 0.4) is 0 Å². The van der Waals surface area contributed by atoms with Gasteiger partial charge in [0.15, 0.2) is 0 Å². The fourth-order valence-corrected chi connectivity index (χ4v) is 5.86. The normalized spacial score (nSPS) is 25.0. The number of piperidine rings is 1. The average Bonchev–Trinajstić information content (AvgIpc) is 3.25. The summed E-state index contributed by atoms with van der Waals surface area (Å²) in [6, 6.07) is 5.45. The van der Waals surface area contributed by atoms with Gasteiger partial charge in [-0.3, -0.25) is 9.59 Å². The van der Waals surface area contributed by atoms with Crippen LogP contribution in [0.1, 0.15) is 42.4 Å². The zero-order valence-electron chi connectivity index (χ0n) is 19.1. The fraction of sp³-hybridized carbons (Fsp3) is 0.652. The molecule has 1 unspecified atom stereocenters. The van der Waals surface area contributed by atoms with Crippen LogP contribution >= 0.6 is 0 Å². The Morgan fingerprint density at radius 3 is 2.35 bits per heavy atom. The van der Waals surface area contributed by atoms with E-state index in [1.54, 1.807) is 25.1 Å². The molecule has 1 atom stereocenters. The van der Waals surface area contributed by atoms with Gasteiger partial charge < -0.3 is 19.6 Å². The first-order valence-electron chi connectivity index (χ1n) is 11.2. The van der Waals surface area contributed by atoms with Crippen molar-refractivity contribution in [3.63, 3.8) is 0 Å². The molecular weight excluding hydrogens is 394 g/mol. The molecule has 1 aromatic rings. The van der Waals surface area contributed by atoms with E-state index < -0.39 is 5.41 Å². The number of hydrogen-bond donors (Lipinski definition) is 0. The number of aromatic nitrogens is 1. The average molecular weight is 428 g/mol. The molecule has 3 fully saturated rings. The molecule has 1 aromatic heterocycles. The summed E-state index contributed by atoms with van der Waals surface area (Å²) in [7, 11) is 3.51. The maximum atomic E-state index is 13.5. The van der Waals surface area contributed by atoms with Crippen molar-refractivity contribution in [3.8, 4) is 0 Å². The van der Waals surface area contributed by atoms with Crippen molar-refractivity contribution in [2.45, 2.75) is 33.1 Å². The van der Waals surface area contributed by atoms with E-state index in [0.29, 0.717) is 38.4 Å². The topological polar surface area (TPSA) is 77.1 Å². The minimum absolute atomic E-state index is 0.0403. The molecule has 4 heterocycles. The van der Waals surface area contributed by atoms with E-state index in [9.17, 15) is 14.4 Å². The van der Waals surface area contributed by atoms with Gasteiger partial charge in [0, 0.05) is 64.5 Å². The summed E-state index contributed by atoms with van der Waals surface area (Å²) >= 11 is 0. The first-order valence-corrected chi connectivity index (χ1v) is 11.2. The summed E-state index contributed by atoms with van der Waals surface area (Å²) in [5.74, 6) is 0.129. The summed E-state index contributed by atoms with van der Waals surface area (Å²) in [6.07, 6.45) is 2.24. The predicted octanol–water partition coefficient (Wildman–Crippen LogP) is 1.85. The number of likely N-dealkylation sites (tertiary alicyclic amines) is 3. The van der Waals surface area contributed by atoms with Crippen LogP contribution in [0.15, 0.2) is 18.2 Å². The Morgan fingerprint density at radius 1 is 1.06 bits per heavy atom. The number of nitrogens with zero attached hydrogens (tertiary/aromatic N) is 5. The highest BCUT2D eigenvalue weighted by Gasteiger charge is 2.66. The second-order valence-electron chi connectivity index (χ2n) is 9.49. The Labute approximate surface area is 184 Å². The molecule has 0 bridgehead atoms. The zero-order chi connectivity index (χ0) is 22.4. The highest BCUT2D eigenvalue weighted by Crippen LogP contribution is 2.58. The van der Waals surface area contributed by atoms with E-state index in [1.165, 1.54) is 0 Å². The van der Waals surface area contributed by atoms with E-state index in [1.807, 2.05) is 40.7 Å². The Hall–Kier alpha value is -2.64. The van der Waals surface area contributed by atoms with Gasteiger partial charge in [0.2, 0.25) is 5.91 Å². The van der Waals surface area contributed by atoms with Crippen molar-refractivity contribution in [2.24, 2.45) is 10.8 Å². The van der Waals surface area contributed by atoms with Crippen molar-refractivity contribution < 1.29 is 14.4 Å². The molecule has 0 saturated carbocycles. The minimum Gasteiger partial charge on any atom is -0.342 e. The molecule has 0 aromatic carbocycles. The lowest BCUT2D eigenvalue weighted by molar-refractivity contribution is -0.141. The third-order valence-electron chi connectivity index (χ3n) is 7.62. The second-order valence-corrected chi connectivity index (χ2v) is 9.49. The maximum Gasteiger partial charge on any atom is 0.319 e. The number of fused-ring (bicyclic) bond motifs is 1. The molecule has 4 amide bonds. The summed E-state index contributed by atoms with van der Waals surface area (Å²) in [5, 5.41) is 0. The van der Waals surface area contributed by atoms with Crippen LogP contribution in [-0.2, 0) is 4.79 Å². The number of carbonyl (C=O) groups is 3. The van der Waals surface area contributed by atoms with Crippen molar-refractivity contribution in [1.82, 2.24) is 24.6 Å². The lowest BCUT2D eigenvalue weighted by atomic mass is 9.60. The zero-order valence-corrected chi connectivity index (χ0v) is 19.1. The van der Waals surface area contributed by atoms with Crippen LogP contribution in [0.2, 0.25) is 0 Å². The van der Waals surface area contributed by atoms with Gasteiger partial charge in [-0.25, -0.2) is 9.78 Å². The summed E-state index contributed by atoms with van der Waals surface area (Å²) in [4.78, 5) is 51.0. The second kappa shape index (κ2) is 7.80. The van der Waals surface area contributed by atoms with Crippen LogP contribution in [-0.4, -0.2) is 95.8 Å². The molecule has 8 nitrogen and oxygen atoms in total. The first kappa shape index (κ1) is 21.6. The van der Waals surface area contributed by atoms with Gasteiger partial charge in [-0.2, -0.15) is 0 Å². The third-order valence-corrected chi connectivity index (χ3v) is 7.62. The molecule has 31 heavy (non-hydrogen) atoms. The van der Waals surface area contributed by atoms with Gasteiger partial charge in [0.1, 0.15) is 5.69 Å². The van der Waals surface area contributed by atoms with Crippen molar-refractivity contribution in [2.75, 3.05) is 53.4 Å². The molecule has 3 aliphatic heterocycles. The molecule has 3 saturated heterocycles. The smallest absolute Gasteiger partial charge is 0.319 e. The van der Waals surface area contributed by atoms with Gasteiger partial charge >= 0.3 is 6.03 Å². The molecule has 0 radical (unpaired) electrons. The third kappa shape index (κ3) is 3.36. The van der Waals surface area contributed by atoms with Crippen LogP contribution in [0.25, 0.3) is 0 Å². The lowest BCUT2D eigenvalue weighted by Gasteiger charge is -2.46. The lowest BCUT2D eigenvalue weighted by Crippen LogP contribution is -2.53. The molecule has 4 rings (SSSR count). The molecular formula is C23H33N5O3. The van der Waals surface area contributed by atoms with Gasteiger partial charge in [0.25, 0.3) is 5.91 Å². The number of rotatable bonds is 2. The van der Waals surface area contributed by atoms with Gasteiger partial charge in [0.05, 0.1) is 5.41 Å². The molecule has 3 aliphatic rings. The number of urea groups is 1. The summed E-state index contributed by atoms with van der Waals surface area (Å²) in [5.41, 5.74) is 0.473. The van der Waals surface area contributed by atoms with Crippen LogP contribution in [0, 0.1) is 17.8 Å². The monoisotopic (exact) mass is 427 g/mol. The molecule has 8 heteroatoms. The largest absolute Gasteiger partial charge is 0.342 e. The Kier molecular flexibility index (Phi) is 5.43. The van der Waals surface area contributed by atoms with E-state index in [0.717, 1.165) is 31.5 Å². The number of carbonyl (C=O) groups excluding carboxylic acids is 3. The quantitative estimate of drug-likeness (QED) is 0.722. The molecule has 168 valence electrons. The molecule has 2 spiro atoms. The Morgan fingerprint density at radius 2 is 1.77 bits per heavy atom. The molecule has 0 aliphatic carbocycles. The van der Waals surface area contributed by atoms with Crippen LogP contribution in [0.5, 0.6) is 0 Å². The van der Waals surface area contributed by atoms with Crippen LogP contribution < -0.4 is 0 Å². The van der Waals surface area contributed by atoms with Gasteiger partial charge in [-0.05, 0) is 45.2 Å². The highest BCUT2D eigenvalue weighted by atomic mass is 16.2. The van der Waals surface area contributed by atoms with Crippen LogP contribution in [0.4, 0.5) is 4.79 Å². The van der Waals surface area contributed by atoms with Gasteiger partial charge in [-0.1, -0.05) is 6.07 Å². The van der Waals surface area contributed by atoms with Crippen molar-refractivity contribution >= 4 is 17.8 Å². The van der Waals surface area contributed by atoms with Gasteiger partial charge in [-0.15, -0.1) is 0 Å². The molecule has 0 N–H and O–H groups in total. The first-order chi connectivity index (χ1) is 14.7. The number of pyridine rings is 1. The number of hydrogen-bond acceptors (Lipinski definition) is 4. The van der Waals surface area contributed by atoms with E-state index >= 15 is 0 Å². The fourth-order valence-electron chi connectivity index (χ4n) is 5.86. The standard InChI is InChI=1S/C23H33N5O3/c1-5-26-14-11-23(20(26)30)16-28(21(31)25(3)4)15-22(23)9-12-27(13-10-22)19(29)18-8-6-7-17(2)24-18/h6-8H,5,9-16H2,1-4H3. The van der Waals surface area contributed by atoms with E-state index in [2.05, 4.69) is 4.98 Å².